The molecular formula is C17H25NO7. The summed E-state index contributed by atoms with van der Waals surface area (Å²) in [6.45, 7) is 2.46. The van der Waals surface area contributed by atoms with Crippen LogP contribution in [-0.4, -0.2) is 88.6 Å². The summed E-state index contributed by atoms with van der Waals surface area (Å²) in [7, 11) is 0. The van der Waals surface area contributed by atoms with Crippen molar-refractivity contribution in [2.45, 2.75) is 31.3 Å². The summed E-state index contributed by atoms with van der Waals surface area (Å²) in [4.78, 5) is 13.2. The number of aliphatic hydroxyl groups excluding tert-OH is 4. The Morgan fingerprint density at radius 2 is 1.88 bits per heavy atom. The molecule has 0 saturated carbocycles. The van der Waals surface area contributed by atoms with Gasteiger partial charge in [0, 0.05) is 13.1 Å². The topological polar surface area (TPSA) is 120 Å². The number of hydrogen-bond acceptors (Lipinski definition) is 8. The van der Waals surface area contributed by atoms with Crippen molar-refractivity contribution in [3.63, 3.8) is 0 Å². The number of benzene rings is 1. The Kier molecular flexibility index (Phi) is 7.15. The largest absolute Gasteiger partial charge is 0.492 e. The van der Waals surface area contributed by atoms with E-state index in [1.54, 1.807) is 36.1 Å². The molecule has 1 aliphatic rings. The van der Waals surface area contributed by atoms with E-state index in [1.165, 1.54) is 0 Å². The predicted octanol–water partition coefficient (Wildman–Crippen LogP) is -0.999. The van der Waals surface area contributed by atoms with E-state index in [0.29, 0.717) is 24.5 Å². The highest BCUT2D eigenvalue weighted by Gasteiger charge is 2.40. The molecule has 8 nitrogen and oxygen atoms in total. The smallest absolute Gasteiger partial charge is 0.338 e. The average molecular weight is 355 g/mol. The van der Waals surface area contributed by atoms with Crippen LogP contribution < -0.4 is 4.74 Å². The van der Waals surface area contributed by atoms with Crippen LogP contribution in [0.3, 0.4) is 0 Å². The monoisotopic (exact) mass is 355 g/mol. The number of esters is 1. The molecule has 1 aromatic rings. The molecule has 0 aromatic heterocycles. The van der Waals surface area contributed by atoms with Crippen LogP contribution >= 0.6 is 0 Å². The first-order chi connectivity index (χ1) is 12.0. The maximum atomic E-state index is 11.6. The van der Waals surface area contributed by atoms with Crippen LogP contribution in [0.5, 0.6) is 5.75 Å². The van der Waals surface area contributed by atoms with E-state index >= 15 is 0 Å². The standard InChI is InChI=1S/C17H25NO7/c1-2-24-17(23)11-3-5-12(6-4-11)25-8-7-18-9-14(20)16(22)15(21)13(18)10-19/h3-6,13-16,19-22H,2,7-10H2,1H3/t13?,14-,15+,16+/m0/s1. The molecule has 4 atom stereocenters. The summed E-state index contributed by atoms with van der Waals surface area (Å²) in [6, 6.07) is 5.86. The molecule has 0 aliphatic carbocycles. The molecule has 1 aliphatic heterocycles. The Hall–Kier alpha value is -1.71. The molecule has 2 rings (SSSR count). The number of β-amino-alcohol motifs (C(OH)–C–C–N with tert-alkyl or cyclic N) is 1. The summed E-state index contributed by atoms with van der Waals surface area (Å²) < 4.78 is 10.5. The maximum absolute atomic E-state index is 11.6. The molecule has 0 amide bonds. The van der Waals surface area contributed by atoms with E-state index in [0.717, 1.165) is 0 Å². The first-order valence-corrected chi connectivity index (χ1v) is 8.27. The van der Waals surface area contributed by atoms with Crippen molar-refractivity contribution in [3.05, 3.63) is 29.8 Å². The molecule has 0 radical (unpaired) electrons. The van der Waals surface area contributed by atoms with Crippen molar-refractivity contribution in [3.8, 4) is 5.75 Å². The predicted molar refractivity (Wildman–Crippen MR) is 88.4 cm³/mol. The maximum Gasteiger partial charge on any atom is 0.338 e. The van der Waals surface area contributed by atoms with E-state index in [2.05, 4.69) is 0 Å². The fourth-order valence-electron chi connectivity index (χ4n) is 2.82. The molecule has 1 fully saturated rings. The van der Waals surface area contributed by atoms with Gasteiger partial charge in [0.2, 0.25) is 0 Å². The summed E-state index contributed by atoms with van der Waals surface area (Å²) in [5.41, 5.74) is 0.436. The van der Waals surface area contributed by atoms with Crippen molar-refractivity contribution in [1.29, 1.82) is 0 Å². The van der Waals surface area contributed by atoms with Gasteiger partial charge in [0.1, 0.15) is 24.6 Å². The molecule has 8 heteroatoms. The second-order valence-electron chi connectivity index (χ2n) is 5.89. The number of rotatable bonds is 7. The third kappa shape index (κ3) is 4.90. The van der Waals surface area contributed by atoms with Crippen LogP contribution in [0.4, 0.5) is 0 Å². The van der Waals surface area contributed by atoms with Crippen LogP contribution in [0.15, 0.2) is 24.3 Å². The normalized spacial score (nSPS) is 27.1. The molecule has 1 saturated heterocycles. The number of likely N-dealkylation sites (tertiary alicyclic amines) is 1. The molecule has 0 bridgehead atoms. The molecule has 140 valence electrons. The van der Waals surface area contributed by atoms with E-state index < -0.39 is 30.3 Å². The Bertz CT molecular complexity index is 550. The van der Waals surface area contributed by atoms with Gasteiger partial charge in [-0.3, -0.25) is 4.90 Å². The first-order valence-electron chi connectivity index (χ1n) is 8.27. The molecular weight excluding hydrogens is 330 g/mol. The van der Waals surface area contributed by atoms with Crippen molar-refractivity contribution in [1.82, 2.24) is 4.90 Å². The fourth-order valence-corrected chi connectivity index (χ4v) is 2.82. The molecule has 25 heavy (non-hydrogen) atoms. The summed E-state index contributed by atoms with van der Waals surface area (Å²) >= 11 is 0. The first kappa shape index (κ1) is 19.6. The second-order valence-corrected chi connectivity index (χ2v) is 5.89. The van der Waals surface area contributed by atoms with Crippen molar-refractivity contribution >= 4 is 5.97 Å². The summed E-state index contributed by atoms with van der Waals surface area (Å²) in [6.07, 6.45) is -3.58. The molecule has 4 N–H and O–H groups in total. The van der Waals surface area contributed by atoms with E-state index in [1.807, 2.05) is 0 Å². The fraction of sp³-hybridized carbons (Fsp3) is 0.588. The Morgan fingerprint density at radius 1 is 1.20 bits per heavy atom. The highest BCUT2D eigenvalue weighted by molar-refractivity contribution is 5.89. The molecule has 1 unspecified atom stereocenters. The van der Waals surface area contributed by atoms with Gasteiger partial charge in [-0.1, -0.05) is 0 Å². The number of aliphatic hydroxyl groups is 4. The summed E-state index contributed by atoms with van der Waals surface area (Å²) in [5.74, 6) is 0.168. The van der Waals surface area contributed by atoms with Gasteiger partial charge in [-0.2, -0.15) is 0 Å². The third-order valence-corrected chi connectivity index (χ3v) is 4.23. The van der Waals surface area contributed by atoms with Gasteiger partial charge in [-0.15, -0.1) is 0 Å². The second kappa shape index (κ2) is 9.12. The Morgan fingerprint density at radius 3 is 2.48 bits per heavy atom. The average Bonchev–Trinajstić information content (AvgIpc) is 2.61. The van der Waals surface area contributed by atoms with Gasteiger partial charge >= 0.3 is 5.97 Å². The zero-order chi connectivity index (χ0) is 18.4. The van der Waals surface area contributed by atoms with Crippen LogP contribution in [-0.2, 0) is 4.74 Å². The van der Waals surface area contributed by atoms with Crippen LogP contribution in [0.25, 0.3) is 0 Å². The van der Waals surface area contributed by atoms with Crippen LogP contribution in [0, 0.1) is 0 Å². The van der Waals surface area contributed by atoms with Gasteiger partial charge < -0.3 is 29.9 Å². The van der Waals surface area contributed by atoms with Crippen molar-refractivity contribution in [2.75, 3.05) is 32.9 Å². The minimum absolute atomic E-state index is 0.134. The minimum Gasteiger partial charge on any atom is -0.492 e. The lowest BCUT2D eigenvalue weighted by Crippen LogP contribution is -2.63. The number of ether oxygens (including phenoxy) is 2. The quantitative estimate of drug-likeness (QED) is 0.460. The highest BCUT2D eigenvalue weighted by atomic mass is 16.5. The molecule has 0 spiro atoms. The van der Waals surface area contributed by atoms with Gasteiger partial charge in [0.15, 0.2) is 0 Å². The van der Waals surface area contributed by atoms with Gasteiger partial charge in [0.25, 0.3) is 0 Å². The van der Waals surface area contributed by atoms with Gasteiger partial charge in [-0.25, -0.2) is 4.79 Å². The lowest BCUT2D eigenvalue weighted by molar-refractivity contribution is -0.146. The van der Waals surface area contributed by atoms with Gasteiger partial charge in [0.05, 0.1) is 30.9 Å². The lowest BCUT2D eigenvalue weighted by atomic mass is 9.94. The number of carbonyl (C=O) groups excluding carboxylic acids is 1. The zero-order valence-corrected chi connectivity index (χ0v) is 14.1. The number of nitrogens with zero attached hydrogens (tertiary/aromatic N) is 1. The van der Waals surface area contributed by atoms with E-state index in [4.69, 9.17) is 9.47 Å². The van der Waals surface area contributed by atoms with Crippen LogP contribution in [0.1, 0.15) is 17.3 Å². The number of piperidine rings is 1. The van der Waals surface area contributed by atoms with E-state index in [9.17, 15) is 25.2 Å². The van der Waals surface area contributed by atoms with Crippen molar-refractivity contribution in [2.24, 2.45) is 0 Å². The minimum atomic E-state index is -1.27. The van der Waals surface area contributed by atoms with Gasteiger partial charge in [-0.05, 0) is 31.2 Å². The summed E-state index contributed by atoms with van der Waals surface area (Å²) in [5, 5.41) is 38.8. The molecule has 1 aromatic carbocycles. The van der Waals surface area contributed by atoms with Crippen LogP contribution in [0.2, 0.25) is 0 Å². The Labute approximate surface area is 146 Å². The number of carbonyl (C=O) groups is 1. The Balaban J connectivity index is 1.86. The SMILES string of the molecule is CCOC(=O)c1ccc(OCCN2C[C@H](O)[C@@H](O)[C@H](O)C2CO)cc1. The highest BCUT2D eigenvalue weighted by Crippen LogP contribution is 2.19. The zero-order valence-electron chi connectivity index (χ0n) is 14.1. The van der Waals surface area contributed by atoms with E-state index in [-0.39, 0.29) is 19.8 Å². The number of hydrogen-bond donors (Lipinski definition) is 4. The molecule has 1 heterocycles. The third-order valence-electron chi connectivity index (χ3n) is 4.23. The van der Waals surface area contributed by atoms with Crippen molar-refractivity contribution < 1.29 is 34.7 Å². The lowest BCUT2D eigenvalue weighted by Gasteiger charge is -2.42.